The Kier molecular flexibility index (Phi) is 6.06. The Morgan fingerprint density at radius 1 is 1.23 bits per heavy atom. The minimum absolute atomic E-state index is 0.764. The van der Waals surface area contributed by atoms with E-state index in [0.717, 1.165) is 11.1 Å². The highest BCUT2D eigenvalue weighted by Gasteiger charge is 1.89. The maximum absolute atomic E-state index is 3.83. The van der Waals surface area contributed by atoms with E-state index in [2.05, 4.69) is 29.7 Å². The van der Waals surface area contributed by atoms with Crippen molar-refractivity contribution in [2.75, 3.05) is 7.05 Å². The molecule has 0 aliphatic rings. The molecule has 0 amide bonds. The molecule has 0 heterocycles. The largest absolute Gasteiger partial charge is 0.297 e. The Hall–Kier alpha value is -1.70. The van der Waals surface area contributed by atoms with Crippen molar-refractivity contribution in [3.05, 3.63) is 49.2 Å². The molecule has 0 bridgehead atoms. The van der Waals surface area contributed by atoms with Crippen LogP contribution in [0.15, 0.2) is 59.2 Å². The smallest absolute Gasteiger partial charge is 0.0339 e. The second-order valence-corrected chi connectivity index (χ2v) is 2.28. The van der Waals surface area contributed by atoms with Crippen LogP contribution in [0.1, 0.15) is 0 Å². The van der Waals surface area contributed by atoms with Crippen molar-refractivity contribution in [1.82, 2.24) is 0 Å². The summed E-state index contributed by atoms with van der Waals surface area (Å²) in [5, 5.41) is 0. The van der Waals surface area contributed by atoms with Crippen molar-refractivity contribution in [2.24, 2.45) is 9.98 Å². The molecule has 0 spiro atoms. The summed E-state index contributed by atoms with van der Waals surface area (Å²) in [6.45, 7) is 11.0. The average Bonchev–Trinajstić information content (AvgIpc) is 2.14. The quantitative estimate of drug-likeness (QED) is 0.452. The van der Waals surface area contributed by atoms with E-state index in [1.807, 2.05) is 6.08 Å². The van der Waals surface area contributed by atoms with Gasteiger partial charge in [-0.15, -0.1) is 0 Å². The van der Waals surface area contributed by atoms with E-state index in [-0.39, 0.29) is 0 Å². The first-order valence-electron chi connectivity index (χ1n) is 3.83. The Morgan fingerprint density at radius 2 is 1.92 bits per heavy atom. The van der Waals surface area contributed by atoms with Gasteiger partial charge in [0.15, 0.2) is 0 Å². The van der Waals surface area contributed by atoms with E-state index in [4.69, 9.17) is 0 Å². The van der Waals surface area contributed by atoms with Gasteiger partial charge in [0.05, 0.1) is 0 Å². The minimum atomic E-state index is 0.764. The van der Waals surface area contributed by atoms with Crippen LogP contribution >= 0.6 is 0 Å². The lowest BCUT2D eigenvalue weighted by Crippen LogP contribution is -1.83. The number of rotatable bonds is 5. The molecule has 0 atom stereocenters. The molecule has 0 unspecified atom stereocenters. The fourth-order valence-corrected chi connectivity index (χ4v) is 0.578. The van der Waals surface area contributed by atoms with E-state index >= 15 is 0 Å². The SMILES string of the molecule is C=CN=CC(=C)C(=C)/C=C\C=NC. The number of allylic oxidation sites excluding steroid dienone is 4. The van der Waals surface area contributed by atoms with Crippen LogP contribution in [0, 0.1) is 0 Å². The van der Waals surface area contributed by atoms with E-state index in [1.165, 1.54) is 6.20 Å². The molecule has 0 radical (unpaired) electrons. The van der Waals surface area contributed by atoms with Gasteiger partial charge in [-0.1, -0.05) is 25.8 Å². The van der Waals surface area contributed by atoms with Crippen LogP contribution in [0.2, 0.25) is 0 Å². The molecule has 0 aromatic carbocycles. The summed E-state index contributed by atoms with van der Waals surface area (Å²) in [4.78, 5) is 7.63. The van der Waals surface area contributed by atoms with Gasteiger partial charge in [-0.25, -0.2) is 0 Å². The maximum Gasteiger partial charge on any atom is 0.0339 e. The van der Waals surface area contributed by atoms with Crippen LogP contribution in [-0.2, 0) is 0 Å². The van der Waals surface area contributed by atoms with Crippen molar-refractivity contribution >= 4 is 12.4 Å². The van der Waals surface area contributed by atoms with Crippen LogP contribution in [0.25, 0.3) is 0 Å². The normalized spacial score (nSPS) is 11.5. The van der Waals surface area contributed by atoms with E-state index in [0.29, 0.717) is 0 Å². The second kappa shape index (κ2) is 6.98. The standard InChI is InChI=1S/C11H14N2/c1-5-13-9-11(3)10(2)7-6-8-12-4/h5-9H,1-3H2,4H3/b7-6-,12-8?,13-9?. The third-order valence-electron chi connectivity index (χ3n) is 1.28. The molecule has 68 valence electrons. The predicted molar refractivity (Wildman–Crippen MR) is 60.5 cm³/mol. The molecule has 0 fully saturated rings. The monoisotopic (exact) mass is 174 g/mol. The summed E-state index contributed by atoms with van der Waals surface area (Å²) in [5.41, 5.74) is 1.58. The molecule has 0 rings (SSSR count). The lowest BCUT2D eigenvalue weighted by Gasteiger charge is -1.95. The van der Waals surface area contributed by atoms with Crippen LogP contribution in [0.5, 0.6) is 0 Å². The zero-order chi connectivity index (χ0) is 10.1. The molecule has 2 nitrogen and oxygen atoms in total. The highest BCUT2D eigenvalue weighted by molar-refractivity contribution is 5.86. The van der Waals surface area contributed by atoms with Gasteiger partial charge in [-0.05, 0) is 17.2 Å². The molecule has 0 saturated heterocycles. The van der Waals surface area contributed by atoms with Gasteiger partial charge >= 0.3 is 0 Å². The Morgan fingerprint density at radius 3 is 2.46 bits per heavy atom. The molecule has 0 aromatic rings. The van der Waals surface area contributed by atoms with Crippen molar-refractivity contribution in [1.29, 1.82) is 0 Å². The van der Waals surface area contributed by atoms with Crippen molar-refractivity contribution in [3.8, 4) is 0 Å². The maximum atomic E-state index is 3.83. The van der Waals surface area contributed by atoms with Gasteiger partial charge in [0.25, 0.3) is 0 Å². The summed E-state index contributed by atoms with van der Waals surface area (Å²) in [6, 6.07) is 0. The molecule has 2 heteroatoms. The first-order chi connectivity index (χ1) is 6.22. The number of nitrogens with zero attached hydrogens (tertiary/aromatic N) is 2. The molecular formula is C11H14N2. The Labute approximate surface area is 79.4 Å². The molecule has 0 saturated carbocycles. The molecule has 0 aliphatic carbocycles. The zero-order valence-corrected chi connectivity index (χ0v) is 7.90. The van der Waals surface area contributed by atoms with Gasteiger partial charge in [0, 0.05) is 25.7 Å². The zero-order valence-electron chi connectivity index (χ0n) is 7.90. The summed E-state index contributed by atoms with van der Waals surface area (Å²) >= 11 is 0. The lowest BCUT2D eigenvalue weighted by atomic mass is 10.1. The molecule has 0 N–H and O–H groups in total. The van der Waals surface area contributed by atoms with Crippen molar-refractivity contribution < 1.29 is 0 Å². The Bertz CT molecular complexity index is 280. The topological polar surface area (TPSA) is 24.7 Å². The van der Waals surface area contributed by atoms with Gasteiger partial charge in [-0.2, -0.15) is 0 Å². The summed E-state index contributed by atoms with van der Waals surface area (Å²) in [6.07, 6.45) is 8.38. The summed E-state index contributed by atoms with van der Waals surface area (Å²) < 4.78 is 0. The first-order valence-corrected chi connectivity index (χ1v) is 3.83. The fraction of sp³-hybridized carbons (Fsp3) is 0.0909. The van der Waals surface area contributed by atoms with Gasteiger partial charge in [0.1, 0.15) is 0 Å². The summed E-state index contributed by atoms with van der Waals surface area (Å²) in [7, 11) is 1.71. The van der Waals surface area contributed by atoms with E-state index in [9.17, 15) is 0 Å². The van der Waals surface area contributed by atoms with Crippen LogP contribution in [0.4, 0.5) is 0 Å². The molecule has 0 aromatic heterocycles. The third-order valence-corrected chi connectivity index (χ3v) is 1.28. The first kappa shape index (κ1) is 11.3. The third kappa shape index (κ3) is 5.56. The summed E-state index contributed by atoms with van der Waals surface area (Å²) in [5.74, 6) is 0. The second-order valence-electron chi connectivity index (χ2n) is 2.28. The Balaban J connectivity index is 4.19. The van der Waals surface area contributed by atoms with Crippen LogP contribution in [0.3, 0.4) is 0 Å². The van der Waals surface area contributed by atoms with Crippen LogP contribution in [-0.4, -0.2) is 19.5 Å². The highest BCUT2D eigenvalue weighted by Crippen LogP contribution is 2.03. The predicted octanol–water partition coefficient (Wildman–Crippen LogP) is 2.57. The van der Waals surface area contributed by atoms with Gasteiger partial charge in [-0.3, -0.25) is 9.98 Å². The molecule has 13 heavy (non-hydrogen) atoms. The minimum Gasteiger partial charge on any atom is -0.297 e. The molecular weight excluding hydrogens is 160 g/mol. The van der Waals surface area contributed by atoms with Gasteiger partial charge < -0.3 is 0 Å². The average molecular weight is 174 g/mol. The number of hydrogen-bond acceptors (Lipinski definition) is 2. The van der Waals surface area contributed by atoms with Gasteiger partial charge in [0.2, 0.25) is 0 Å². The molecule has 0 aliphatic heterocycles. The lowest BCUT2D eigenvalue weighted by molar-refractivity contribution is 1.47. The van der Waals surface area contributed by atoms with Crippen LogP contribution < -0.4 is 0 Å². The van der Waals surface area contributed by atoms with E-state index < -0.39 is 0 Å². The number of hydrogen-bond donors (Lipinski definition) is 0. The fourth-order valence-electron chi connectivity index (χ4n) is 0.578. The van der Waals surface area contributed by atoms with Crippen molar-refractivity contribution in [3.63, 3.8) is 0 Å². The highest BCUT2D eigenvalue weighted by atomic mass is 14.7. The van der Waals surface area contributed by atoms with E-state index in [1.54, 1.807) is 25.6 Å². The number of aliphatic imine (C=N–C) groups is 2. The van der Waals surface area contributed by atoms with Crippen molar-refractivity contribution in [2.45, 2.75) is 0 Å².